The molecule has 0 bridgehead atoms. The number of nitrogen functional groups attached to an aromatic ring is 1. The number of rotatable bonds is 7. The molecule has 30 heavy (non-hydrogen) atoms. The van der Waals surface area contributed by atoms with Crippen LogP contribution in [-0.4, -0.2) is 10.9 Å². The molecule has 3 aromatic rings. The topological polar surface area (TPSA) is 77.2 Å². The summed E-state index contributed by atoms with van der Waals surface area (Å²) in [6.07, 6.45) is 2.27. The average Bonchev–Trinajstić information content (AvgIpc) is 2.72. The van der Waals surface area contributed by atoms with E-state index in [1.165, 1.54) is 18.6 Å². The summed E-state index contributed by atoms with van der Waals surface area (Å²) in [7, 11) is 0. The van der Waals surface area contributed by atoms with E-state index in [0.717, 1.165) is 18.6 Å². The van der Waals surface area contributed by atoms with Crippen LogP contribution in [0, 0.1) is 12.9 Å². The van der Waals surface area contributed by atoms with Crippen LogP contribution in [0.3, 0.4) is 0 Å². The Morgan fingerprint density at radius 3 is 2.60 bits per heavy atom. The zero-order chi connectivity index (χ0) is 21.7. The second-order valence-electron chi connectivity index (χ2n) is 7.37. The van der Waals surface area contributed by atoms with Gasteiger partial charge in [0.15, 0.2) is 0 Å². The van der Waals surface area contributed by atoms with Crippen LogP contribution >= 0.6 is 0 Å². The van der Waals surface area contributed by atoms with Gasteiger partial charge in [-0.3, -0.25) is 4.79 Å². The van der Waals surface area contributed by atoms with Crippen LogP contribution in [0.4, 0.5) is 15.9 Å². The fraction of sp³-hybridized carbons (Fsp3) is 0.250. The zero-order valence-corrected chi connectivity index (χ0v) is 17.4. The van der Waals surface area contributed by atoms with Crippen molar-refractivity contribution in [3.8, 4) is 11.5 Å². The maximum Gasteiger partial charge on any atom is 0.259 e. The lowest BCUT2D eigenvalue weighted by molar-refractivity contribution is 0.102. The Labute approximate surface area is 176 Å². The van der Waals surface area contributed by atoms with Crippen molar-refractivity contribution >= 4 is 17.4 Å². The zero-order valence-electron chi connectivity index (χ0n) is 17.4. The van der Waals surface area contributed by atoms with Crippen molar-refractivity contribution < 1.29 is 13.9 Å². The molecule has 0 aliphatic heterocycles. The van der Waals surface area contributed by atoms with Crippen molar-refractivity contribution in [1.29, 1.82) is 0 Å². The number of aryl methyl sites for hydroxylation is 1. The first kappa shape index (κ1) is 21.3. The molecule has 0 saturated carbocycles. The van der Waals surface area contributed by atoms with E-state index in [4.69, 9.17) is 10.5 Å². The third-order valence-corrected chi connectivity index (χ3v) is 4.92. The molecule has 0 saturated heterocycles. The van der Waals surface area contributed by atoms with Gasteiger partial charge in [0, 0.05) is 11.3 Å². The number of carbonyl (C=O) groups excluding carboxylic acids is 1. The largest absolute Gasteiger partial charge is 0.457 e. The van der Waals surface area contributed by atoms with E-state index >= 15 is 0 Å². The molecule has 0 radical (unpaired) electrons. The molecule has 0 spiro atoms. The van der Waals surface area contributed by atoms with E-state index in [1.54, 1.807) is 24.3 Å². The summed E-state index contributed by atoms with van der Waals surface area (Å²) in [5.74, 6) is 0.633. The Bertz CT molecular complexity index is 1040. The van der Waals surface area contributed by atoms with Gasteiger partial charge in [0.2, 0.25) is 5.95 Å². The highest BCUT2D eigenvalue weighted by atomic mass is 19.1. The Kier molecular flexibility index (Phi) is 6.67. The molecule has 1 atom stereocenters. The number of nitrogens with one attached hydrogen (secondary N) is 1. The maximum atomic E-state index is 13.4. The number of aromatic nitrogens is 1. The molecule has 1 unspecified atom stereocenters. The number of amides is 1. The first-order chi connectivity index (χ1) is 14.4. The second kappa shape index (κ2) is 9.39. The van der Waals surface area contributed by atoms with Gasteiger partial charge in [0.1, 0.15) is 17.3 Å². The van der Waals surface area contributed by atoms with Gasteiger partial charge in [-0.25, -0.2) is 4.98 Å². The fourth-order valence-electron chi connectivity index (χ4n) is 3.21. The summed E-state index contributed by atoms with van der Waals surface area (Å²) in [5.41, 5.74) is 7.88. The summed E-state index contributed by atoms with van der Waals surface area (Å²) in [4.78, 5) is 16.0. The van der Waals surface area contributed by atoms with E-state index in [1.807, 2.05) is 12.1 Å². The van der Waals surface area contributed by atoms with Gasteiger partial charge in [-0.1, -0.05) is 32.4 Å². The van der Waals surface area contributed by atoms with Crippen molar-refractivity contribution in [1.82, 2.24) is 4.98 Å². The van der Waals surface area contributed by atoms with Crippen LogP contribution in [0.15, 0.2) is 54.6 Å². The molecular weight excluding hydrogens is 381 g/mol. The first-order valence-electron chi connectivity index (χ1n) is 9.99. The second-order valence-corrected chi connectivity index (χ2v) is 7.37. The number of nitrogens with two attached hydrogens (primary N) is 1. The molecule has 0 fully saturated rings. The van der Waals surface area contributed by atoms with Crippen molar-refractivity contribution in [3.05, 3.63) is 77.2 Å². The number of carbonyl (C=O) groups is 1. The van der Waals surface area contributed by atoms with Crippen molar-refractivity contribution in [3.63, 3.8) is 0 Å². The number of anilines is 2. The van der Waals surface area contributed by atoms with Gasteiger partial charge >= 0.3 is 0 Å². The molecule has 6 heteroatoms. The van der Waals surface area contributed by atoms with Crippen LogP contribution < -0.4 is 15.8 Å². The van der Waals surface area contributed by atoms with Crippen LogP contribution in [0.1, 0.15) is 54.1 Å². The smallest absolute Gasteiger partial charge is 0.259 e. The standard InChI is InChI=1S/C24H26FN3O2/c1-4-6-15(2)17-7-5-8-20(14-17)30-19-11-9-18(10-12-19)27-24(29)21-13-16(3)22(25)28-23(21)26/h5,7-15H,4,6H2,1-3H3,(H2,26,28)(H,27,29). The highest BCUT2D eigenvalue weighted by molar-refractivity contribution is 6.07. The molecule has 1 aromatic heterocycles. The van der Waals surface area contributed by atoms with Crippen LogP contribution in [0.25, 0.3) is 0 Å². The quantitative estimate of drug-likeness (QED) is 0.467. The summed E-state index contributed by atoms with van der Waals surface area (Å²) >= 11 is 0. The van der Waals surface area contributed by atoms with Crippen LogP contribution in [0.5, 0.6) is 11.5 Å². The monoisotopic (exact) mass is 407 g/mol. The molecule has 1 heterocycles. The van der Waals surface area contributed by atoms with E-state index in [-0.39, 0.29) is 16.9 Å². The third kappa shape index (κ3) is 5.14. The van der Waals surface area contributed by atoms with Gasteiger partial charge in [-0.05, 0) is 67.3 Å². The first-order valence-corrected chi connectivity index (χ1v) is 9.99. The molecule has 5 nitrogen and oxygen atoms in total. The minimum Gasteiger partial charge on any atom is -0.457 e. The minimum atomic E-state index is -0.682. The summed E-state index contributed by atoms with van der Waals surface area (Å²) in [6, 6.07) is 16.5. The third-order valence-electron chi connectivity index (χ3n) is 4.92. The summed E-state index contributed by atoms with van der Waals surface area (Å²) in [6.45, 7) is 5.92. The lowest BCUT2D eigenvalue weighted by Crippen LogP contribution is -2.16. The number of hydrogen-bond donors (Lipinski definition) is 2. The molecule has 3 rings (SSSR count). The average molecular weight is 407 g/mol. The van der Waals surface area contributed by atoms with Gasteiger partial charge < -0.3 is 15.8 Å². The summed E-state index contributed by atoms with van der Waals surface area (Å²) < 4.78 is 19.4. The highest BCUT2D eigenvalue weighted by Gasteiger charge is 2.14. The number of nitrogens with zero attached hydrogens (tertiary/aromatic N) is 1. The maximum absolute atomic E-state index is 13.4. The lowest BCUT2D eigenvalue weighted by Gasteiger charge is -2.13. The normalized spacial score (nSPS) is 11.7. The predicted octanol–water partition coefficient (Wildman–Crippen LogP) is 6.06. The Balaban J connectivity index is 1.68. The van der Waals surface area contributed by atoms with E-state index in [2.05, 4.69) is 36.3 Å². The van der Waals surface area contributed by atoms with Gasteiger partial charge in [0.05, 0.1) is 5.56 Å². The van der Waals surface area contributed by atoms with Crippen molar-refractivity contribution in [2.75, 3.05) is 11.1 Å². The minimum absolute atomic E-state index is 0.132. The Morgan fingerprint density at radius 2 is 1.90 bits per heavy atom. The number of benzene rings is 2. The molecule has 1 amide bonds. The van der Waals surface area contributed by atoms with Gasteiger partial charge in [-0.2, -0.15) is 4.39 Å². The molecule has 156 valence electrons. The highest BCUT2D eigenvalue weighted by Crippen LogP contribution is 2.28. The van der Waals surface area contributed by atoms with E-state index in [0.29, 0.717) is 17.4 Å². The van der Waals surface area contributed by atoms with Crippen molar-refractivity contribution in [2.24, 2.45) is 0 Å². The predicted molar refractivity (Wildman–Crippen MR) is 118 cm³/mol. The van der Waals surface area contributed by atoms with Gasteiger partial charge in [0.25, 0.3) is 5.91 Å². The van der Waals surface area contributed by atoms with E-state index < -0.39 is 11.9 Å². The van der Waals surface area contributed by atoms with Crippen molar-refractivity contribution in [2.45, 2.75) is 39.5 Å². The number of halogens is 1. The molecule has 0 aliphatic rings. The molecule has 2 aromatic carbocycles. The van der Waals surface area contributed by atoms with Crippen LogP contribution in [-0.2, 0) is 0 Å². The molecule has 0 aliphatic carbocycles. The lowest BCUT2D eigenvalue weighted by atomic mass is 9.96. The Morgan fingerprint density at radius 1 is 1.17 bits per heavy atom. The summed E-state index contributed by atoms with van der Waals surface area (Å²) in [5, 5.41) is 2.74. The van der Waals surface area contributed by atoms with Gasteiger partial charge in [-0.15, -0.1) is 0 Å². The molecular formula is C24H26FN3O2. The Hall–Kier alpha value is -3.41. The molecule has 3 N–H and O–H groups in total. The van der Waals surface area contributed by atoms with E-state index in [9.17, 15) is 9.18 Å². The fourth-order valence-corrected chi connectivity index (χ4v) is 3.21. The number of ether oxygens (including phenoxy) is 1. The SMILES string of the molecule is CCCC(C)c1cccc(Oc2ccc(NC(=O)c3cc(C)c(F)nc3N)cc2)c1. The number of hydrogen-bond acceptors (Lipinski definition) is 4. The number of pyridine rings is 1. The van der Waals surface area contributed by atoms with Crippen LogP contribution in [0.2, 0.25) is 0 Å².